The van der Waals surface area contributed by atoms with Crippen LogP contribution in [0.5, 0.6) is 11.5 Å². The fraction of sp³-hybridized carbons (Fsp3) is 0.263. The van der Waals surface area contributed by atoms with Gasteiger partial charge in [0.1, 0.15) is 0 Å². The molecule has 2 aromatic carbocycles. The normalized spacial score (nSPS) is 11.3. The largest absolute Gasteiger partial charge is 0.493 e. The second kappa shape index (κ2) is 9.33. The van der Waals surface area contributed by atoms with Crippen molar-refractivity contribution in [3.8, 4) is 17.6 Å². The summed E-state index contributed by atoms with van der Waals surface area (Å²) in [5, 5.41) is 12.8. The standard InChI is InChI=1S/C19H18Cl2N2O3/c1-12(19-14(20)4-3-5-15(19)21)10-23-18(24)11-26-16-7-6-13(9-22)8-17(16)25-2/h3-8,12H,10-11H2,1-2H3,(H,23,24). The number of methoxy groups -OCH3 is 1. The number of ether oxygens (including phenoxy) is 2. The highest BCUT2D eigenvalue weighted by molar-refractivity contribution is 6.36. The number of carbonyl (C=O) groups excluding carboxylic acids is 1. The number of hydrogen-bond acceptors (Lipinski definition) is 4. The molecule has 0 saturated heterocycles. The summed E-state index contributed by atoms with van der Waals surface area (Å²) in [4.78, 5) is 12.0. The maximum Gasteiger partial charge on any atom is 0.257 e. The number of rotatable bonds is 7. The predicted molar refractivity (Wildman–Crippen MR) is 101 cm³/mol. The van der Waals surface area contributed by atoms with E-state index >= 15 is 0 Å². The summed E-state index contributed by atoms with van der Waals surface area (Å²) >= 11 is 12.4. The summed E-state index contributed by atoms with van der Waals surface area (Å²) in [6.45, 7) is 2.12. The lowest BCUT2D eigenvalue weighted by Crippen LogP contribution is -2.32. The summed E-state index contributed by atoms with van der Waals surface area (Å²) in [7, 11) is 1.47. The zero-order chi connectivity index (χ0) is 19.1. The molecule has 1 unspecified atom stereocenters. The maximum atomic E-state index is 12.0. The number of benzene rings is 2. The zero-order valence-electron chi connectivity index (χ0n) is 14.4. The van der Waals surface area contributed by atoms with Crippen LogP contribution in [0, 0.1) is 11.3 Å². The van der Waals surface area contributed by atoms with Gasteiger partial charge in [0.15, 0.2) is 18.1 Å². The van der Waals surface area contributed by atoms with Crippen LogP contribution in [-0.2, 0) is 4.79 Å². The molecule has 26 heavy (non-hydrogen) atoms. The van der Waals surface area contributed by atoms with Crippen molar-refractivity contribution in [2.45, 2.75) is 12.8 Å². The molecule has 0 aliphatic rings. The molecule has 136 valence electrons. The summed E-state index contributed by atoms with van der Waals surface area (Å²) in [6.07, 6.45) is 0. The summed E-state index contributed by atoms with van der Waals surface area (Å²) in [5.74, 6) is 0.452. The van der Waals surface area contributed by atoms with E-state index in [1.807, 2.05) is 13.0 Å². The fourth-order valence-electron chi connectivity index (χ4n) is 2.40. The second-order valence-corrected chi connectivity index (χ2v) is 6.42. The van der Waals surface area contributed by atoms with Crippen molar-refractivity contribution in [3.63, 3.8) is 0 Å². The molecule has 1 atom stereocenters. The van der Waals surface area contributed by atoms with Crippen molar-refractivity contribution in [2.24, 2.45) is 0 Å². The van der Waals surface area contributed by atoms with E-state index in [1.54, 1.807) is 36.4 Å². The molecule has 2 rings (SSSR count). The highest BCUT2D eigenvalue weighted by Gasteiger charge is 2.15. The van der Waals surface area contributed by atoms with Crippen molar-refractivity contribution in [3.05, 3.63) is 57.6 Å². The maximum absolute atomic E-state index is 12.0. The fourth-order valence-corrected chi connectivity index (χ4v) is 3.17. The zero-order valence-corrected chi connectivity index (χ0v) is 15.9. The lowest BCUT2D eigenvalue weighted by atomic mass is 10.0. The number of nitrogens with one attached hydrogen (secondary N) is 1. The smallest absolute Gasteiger partial charge is 0.257 e. The minimum atomic E-state index is -0.286. The van der Waals surface area contributed by atoms with Crippen molar-refractivity contribution in [2.75, 3.05) is 20.3 Å². The average molecular weight is 393 g/mol. The SMILES string of the molecule is COc1cc(C#N)ccc1OCC(=O)NCC(C)c1c(Cl)cccc1Cl. The van der Waals surface area contributed by atoms with Crippen molar-refractivity contribution in [1.29, 1.82) is 5.26 Å². The molecule has 2 aromatic rings. The van der Waals surface area contributed by atoms with E-state index in [1.165, 1.54) is 7.11 Å². The third kappa shape index (κ3) is 5.04. The van der Waals surface area contributed by atoms with E-state index < -0.39 is 0 Å². The predicted octanol–water partition coefficient (Wildman–Crippen LogP) is 4.17. The van der Waals surface area contributed by atoms with Crippen LogP contribution in [0.3, 0.4) is 0 Å². The molecule has 0 bridgehead atoms. The van der Waals surface area contributed by atoms with Gasteiger partial charge in [-0.15, -0.1) is 0 Å². The van der Waals surface area contributed by atoms with Crippen LogP contribution in [0.2, 0.25) is 10.0 Å². The van der Waals surface area contributed by atoms with Gasteiger partial charge in [-0.05, 0) is 29.8 Å². The third-order valence-electron chi connectivity index (χ3n) is 3.75. The lowest BCUT2D eigenvalue weighted by Gasteiger charge is -2.16. The number of hydrogen-bond donors (Lipinski definition) is 1. The molecule has 0 aliphatic heterocycles. The molecule has 0 aromatic heterocycles. The first kappa shape index (κ1) is 19.9. The summed E-state index contributed by atoms with van der Waals surface area (Å²) in [5.41, 5.74) is 1.25. The van der Waals surface area contributed by atoms with Gasteiger partial charge in [-0.1, -0.05) is 36.2 Å². The number of carbonyl (C=O) groups is 1. The molecule has 1 amide bonds. The second-order valence-electron chi connectivity index (χ2n) is 5.61. The number of halogens is 2. The van der Waals surface area contributed by atoms with Crippen LogP contribution in [-0.4, -0.2) is 26.2 Å². The number of nitriles is 1. The van der Waals surface area contributed by atoms with E-state index in [4.69, 9.17) is 37.9 Å². The van der Waals surface area contributed by atoms with Gasteiger partial charge in [0.2, 0.25) is 0 Å². The number of nitrogens with zero attached hydrogens (tertiary/aromatic N) is 1. The Morgan fingerprint density at radius 2 is 1.92 bits per heavy atom. The van der Waals surface area contributed by atoms with Gasteiger partial charge in [-0.25, -0.2) is 0 Å². The topological polar surface area (TPSA) is 71.3 Å². The lowest BCUT2D eigenvalue weighted by molar-refractivity contribution is -0.123. The Labute approximate surface area is 162 Å². The van der Waals surface area contributed by atoms with Gasteiger partial charge in [-0.3, -0.25) is 4.79 Å². The van der Waals surface area contributed by atoms with Gasteiger partial charge in [0.05, 0.1) is 18.7 Å². The molecule has 0 fully saturated rings. The monoisotopic (exact) mass is 392 g/mol. The van der Waals surface area contributed by atoms with E-state index in [2.05, 4.69) is 5.32 Å². The van der Waals surface area contributed by atoms with E-state index in [-0.39, 0.29) is 18.4 Å². The van der Waals surface area contributed by atoms with Crippen LogP contribution in [0.4, 0.5) is 0 Å². The van der Waals surface area contributed by atoms with Crippen LogP contribution in [0.25, 0.3) is 0 Å². The Balaban J connectivity index is 1.91. The molecular formula is C19H18Cl2N2O3. The van der Waals surface area contributed by atoms with Gasteiger partial charge in [0, 0.05) is 28.6 Å². The van der Waals surface area contributed by atoms with Crippen LogP contribution in [0.15, 0.2) is 36.4 Å². The Morgan fingerprint density at radius 3 is 2.54 bits per heavy atom. The minimum absolute atomic E-state index is 0.0513. The minimum Gasteiger partial charge on any atom is -0.493 e. The van der Waals surface area contributed by atoms with E-state index in [0.717, 1.165) is 5.56 Å². The van der Waals surface area contributed by atoms with Gasteiger partial charge in [0.25, 0.3) is 5.91 Å². The number of amides is 1. The van der Waals surface area contributed by atoms with E-state index in [0.29, 0.717) is 33.7 Å². The van der Waals surface area contributed by atoms with Gasteiger partial charge < -0.3 is 14.8 Å². The first-order valence-electron chi connectivity index (χ1n) is 7.87. The molecule has 0 saturated carbocycles. The molecule has 0 radical (unpaired) electrons. The molecule has 0 heterocycles. The van der Waals surface area contributed by atoms with Crippen molar-refractivity contribution >= 4 is 29.1 Å². The molecular weight excluding hydrogens is 375 g/mol. The van der Waals surface area contributed by atoms with Crippen LogP contribution in [0.1, 0.15) is 24.0 Å². The molecule has 0 aliphatic carbocycles. The highest BCUT2D eigenvalue weighted by atomic mass is 35.5. The quantitative estimate of drug-likeness (QED) is 0.767. The van der Waals surface area contributed by atoms with Crippen molar-refractivity contribution in [1.82, 2.24) is 5.32 Å². The van der Waals surface area contributed by atoms with Crippen LogP contribution >= 0.6 is 23.2 Å². The van der Waals surface area contributed by atoms with Gasteiger partial charge in [-0.2, -0.15) is 5.26 Å². The first-order valence-corrected chi connectivity index (χ1v) is 8.63. The third-order valence-corrected chi connectivity index (χ3v) is 4.41. The Morgan fingerprint density at radius 1 is 1.23 bits per heavy atom. The van der Waals surface area contributed by atoms with Crippen molar-refractivity contribution < 1.29 is 14.3 Å². The molecule has 1 N–H and O–H groups in total. The molecule has 0 spiro atoms. The summed E-state index contributed by atoms with van der Waals surface area (Å²) in [6, 6.07) is 12.1. The van der Waals surface area contributed by atoms with Gasteiger partial charge >= 0.3 is 0 Å². The Bertz CT molecular complexity index is 814. The Hall–Kier alpha value is -2.42. The first-order chi connectivity index (χ1) is 12.5. The highest BCUT2D eigenvalue weighted by Crippen LogP contribution is 2.31. The molecule has 5 nitrogen and oxygen atoms in total. The average Bonchev–Trinajstić information content (AvgIpc) is 2.64. The van der Waals surface area contributed by atoms with E-state index in [9.17, 15) is 4.79 Å². The van der Waals surface area contributed by atoms with Crippen LogP contribution < -0.4 is 14.8 Å². The molecule has 7 heteroatoms. The Kier molecular flexibility index (Phi) is 7.14. The summed E-state index contributed by atoms with van der Waals surface area (Å²) < 4.78 is 10.6.